The highest BCUT2D eigenvalue weighted by atomic mass is 32.1. The highest BCUT2D eigenvalue weighted by Gasteiger charge is 2.07. The fraction of sp³-hybridized carbons (Fsp3) is 0.154. The van der Waals surface area contributed by atoms with Gasteiger partial charge in [0.15, 0.2) is 0 Å². The molecule has 0 unspecified atom stereocenters. The first kappa shape index (κ1) is 11.7. The van der Waals surface area contributed by atoms with Crippen molar-refractivity contribution in [2.45, 2.75) is 0 Å². The van der Waals surface area contributed by atoms with Gasteiger partial charge in [0.05, 0.1) is 5.69 Å². The molecule has 2 rings (SSSR count). The lowest BCUT2D eigenvalue weighted by Crippen LogP contribution is -2.13. The third-order valence-electron chi connectivity index (χ3n) is 2.40. The Kier molecular flexibility index (Phi) is 3.44. The van der Waals surface area contributed by atoms with E-state index in [1.807, 2.05) is 60.1 Å². The summed E-state index contributed by atoms with van der Waals surface area (Å²) in [5.74, 6) is -0.0768. The Morgan fingerprint density at radius 1 is 1.29 bits per heavy atom. The molecule has 1 aromatic heterocycles. The molecular weight excluding hydrogens is 232 g/mol. The number of amides is 1. The SMILES string of the molecule is CN(C)c1cccc(C(=O)Nc2ccsc2)c1. The molecule has 0 bridgehead atoms. The second-order valence-electron chi connectivity index (χ2n) is 3.91. The van der Waals surface area contributed by atoms with Crippen molar-refractivity contribution in [3.63, 3.8) is 0 Å². The molecule has 0 radical (unpaired) electrons. The molecule has 2 aromatic rings. The average molecular weight is 246 g/mol. The maximum absolute atomic E-state index is 12.0. The lowest BCUT2D eigenvalue weighted by Gasteiger charge is -2.13. The summed E-state index contributed by atoms with van der Waals surface area (Å²) in [6.45, 7) is 0. The van der Waals surface area contributed by atoms with Crippen LogP contribution in [-0.4, -0.2) is 20.0 Å². The van der Waals surface area contributed by atoms with Gasteiger partial charge in [-0.3, -0.25) is 4.79 Å². The number of benzene rings is 1. The normalized spacial score (nSPS) is 10.0. The zero-order chi connectivity index (χ0) is 12.3. The largest absolute Gasteiger partial charge is 0.378 e. The Morgan fingerprint density at radius 2 is 2.12 bits per heavy atom. The van der Waals surface area contributed by atoms with Gasteiger partial charge in [-0.2, -0.15) is 11.3 Å². The maximum Gasteiger partial charge on any atom is 0.255 e. The van der Waals surface area contributed by atoms with Crippen LogP contribution in [0.15, 0.2) is 41.1 Å². The number of hydrogen-bond acceptors (Lipinski definition) is 3. The summed E-state index contributed by atoms with van der Waals surface area (Å²) >= 11 is 1.56. The van der Waals surface area contributed by atoms with Gasteiger partial charge < -0.3 is 10.2 Å². The Hall–Kier alpha value is -1.81. The van der Waals surface area contributed by atoms with Gasteiger partial charge >= 0.3 is 0 Å². The van der Waals surface area contributed by atoms with Crippen LogP contribution in [0, 0.1) is 0 Å². The summed E-state index contributed by atoms with van der Waals surface area (Å²) in [6, 6.07) is 9.44. The zero-order valence-electron chi connectivity index (χ0n) is 9.81. The lowest BCUT2D eigenvalue weighted by atomic mass is 10.2. The lowest BCUT2D eigenvalue weighted by molar-refractivity contribution is 0.102. The predicted octanol–water partition coefficient (Wildman–Crippen LogP) is 3.07. The topological polar surface area (TPSA) is 32.3 Å². The first-order valence-corrected chi connectivity index (χ1v) is 6.22. The van der Waals surface area contributed by atoms with Gasteiger partial charge in [0, 0.05) is 30.7 Å². The molecule has 1 aromatic carbocycles. The summed E-state index contributed by atoms with van der Waals surface area (Å²) < 4.78 is 0. The van der Waals surface area contributed by atoms with Gasteiger partial charge in [-0.25, -0.2) is 0 Å². The van der Waals surface area contributed by atoms with Crippen molar-refractivity contribution in [1.29, 1.82) is 0 Å². The molecule has 88 valence electrons. The van der Waals surface area contributed by atoms with Crippen LogP contribution >= 0.6 is 11.3 Å². The third kappa shape index (κ3) is 2.85. The number of nitrogens with zero attached hydrogens (tertiary/aromatic N) is 1. The predicted molar refractivity (Wildman–Crippen MR) is 73.0 cm³/mol. The van der Waals surface area contributed by atoms with Crippen LogP contribution in [0.5, 0.6) is 0 Å². The van der Waals surface area contributed by atoms with Gasteiger partial charge in [0.2, 0.25) is 0 Å². The van der Waals surface area contributed by atoms with E-state index in [1.165, 1.54) is 0 Å². The zero-order valence-corrected chi connectivity index (χ0v) is 10.6. The van der Waals surface area contributed by atoms with Crippen LogP contribution in [0.2, 0.25) is 0 Å². The van der Waals surface area contributed by atoms with Crippen LogP contribution in [0.4, 0.5) is 11.4 Å². The van der Waals surface area contributed by atoms with Crippen LogP contribution in [0.25, 0.3) is 0 Å². The highest BCUT2D eigenvalue weighted by molar-refractivity contribution is 7.08. The summed E-state index contributed by atoms with van der Waals surface area (Å²) in [7, 11) is 3.91. The summed E-state index contributed by atoms with van der Waals surface area (Å²) in [5.41, 5.74) is 2.53. The first-order valence-electron chi connectivity index (χ1n) is 5.28. The quantitative estimate of drug-likeness (QED) is 0.902. The number of hydrogen-bond donors (Lipinski definition) is 1. The molecule has 1 heterocycles. The van der Waals surface area contributed by atoms with E-state index in [2.05, 4.69) is 5.32 Å². The number of rotatable bonds is 3. The molecule has 0 aliphatic heterocycles. The van der Waals surface area contributed by atoms with Gasteiger partial charge in [-0.1, -0.05) is 6.07 Å². The Morgan fingerprint density at radius 3 is 2.76 bits per heavy atom. The summed E-state index contributed by atoms with van der Waals surface area (Å²) in [4.78, 5) is 13.9. The molecule has 0 saturated carbocycles. The fourth-order valence-electron chi connectivity index (χ4n) is 1.46. The fourth-order valence-corrected chi connectivity index (χ4v) is 2.05. The van der Waals surface area contributed by atoms with Crippen molar-refractivity contribution >= 4 is 28.6 Å². The van der Waals surface area contributed by atoms with Crippen molar-refractivity contribution < 1.29 is 4.79 Å². The van der Waals surface area contributed by atoms with E-state index in [-0.39, 0.29) is 5.91 Å². The van der Waals surface area contributed by atoms with E-state index < -0.39 is 0 Å². The molecule has 3 nitrogen and oxygen atoms in total. The molecule has 1 N–H and O–H groups in total. The van der Waals surface area contributed by atoms with E-state index >= 15 is 0 Å². The Labute approximate surface area is 105 Å². The molecule has 4 heteroatoms. The second-order valence-corrected chi connectivity index (χ2v) is 4.69. The van der Waals surface area contributed by atoms with E-state index in [9.17, 15) is 4.79 Å². The van der Waals surface area contributed by atoms with Gasteiger partial charge in [-0.05, 0) is 29.6 Å². The van der Waals surface area contributed by atoms with Crippen LogP contribution in [0.3, 0.4) is 0 Å². The van der Waals surface area contributed by atoms with Gasteiger partial charge in [0.25, 0.3) is 5.91 Å². The van der Waals surface area contributed by atoms with Crippen LogP contribution < -0.4 is 10.2 Å². The minimum atomic E-state index is -0.0768. The molecule has 0 spiro atoms. The van der Waals surface area contributed by atoms with Gasteiger partial charge in [0.1, 0.15) is 0 Å². The number of nitrogens with one attached hydrogen (secondary N) is 1. The van der Waals surface area contributed by atoms with Crippen molar-refractivity contribution in [2.75, 3.05) is 24.3 Å². The molecule has 0 aliphatic rings. The van der Waals surface area contributed by atoms with E-state index in [4.69, 9.17) is 0 Å². The highest BCUT2D eigenvalue weighted by Crippen LogP contribution is 2.16. The number of thiophene rings is 1. The third-order valence-corrected chi connectivity index (χ3v) is 3.09. The molecule has 0 saturated heterocycles. The molecule has 0 atom stereocenters. The van der Waals surface area contributed by atoms with Crippen molar-refractivity contribution in [2.24, 2.45) is 0 Å². The van der Waals surface area contributed by atoms with E-state index in [0.29, 0.717) is 5.56 Å². The van der Waals surface area contributed by atoms with E-state index in [0.717, 1.165) is 11.4 Å². The number of anilines is 2. The molecule has 0 aliphatic carbocycles. The first-order chi connectivity index (χ1) is 8.16. The smallest absolute Gasteiger partial charge is 0.255 e. The standard InChI is InChI=1S/C13H14N2OS/c1-15(2)12-5-3-4-10(8-12)13(16)14-11-6-7-17-9-11/h3-9H,1-2H3,(H,14,16). The molecule has 1 amide bonds. The minimum absolute atomic E-state index is 0.0768. The Bertz CT molecular complexity index is 506. The van der Waals surface area contributed by atoms with Crippen molar-refractivity contribution in [3.05, 3.63) is 46.7 Å². The van der Waals surface area contributed by atoms with E-state index in [1.54, 1.807) is 11.3 Å². The van der Waals surface area contributed by atoms with Crippen molar-refractivity contribution in [3.8, 4) is 0 Å². The summed E-state index contributed by atoms with van der Waals surface area (Å²) in [6.07, 6.45) is 0. The van der Waals surface area contributed by atoms with Gasteiger partial charge in [-0.15, -0.1) is 0 Å². The summed E-state index contributed by atoms with van der Waals surface area (Å²) in [5, 5.41) is 6.70. The van der Waals surface area contributed by atoms with Crippen LogP contribution in [0.1, 0.15) is 10.4 Å². The average Bonchev–Trinajstić information content (AvgIpc) is 2.82. The Balaban J connectivity index is 2.16. The number of carbonyl (C=O) groups is 1. The molecule has 17 heavy (non-hydrogen) atoms. The van der Waals surface area contributed by atoms with Crippen LogP contribution in [-0.2, 0) is 0 Å². The molecular formula is C13H14N2OS. The van der Waals surface area contributed by atoms with Crippen molar-refractivity contribution in [1.82, 2.24) is 0 Å². The number of carbonyl (C=O) groups excluding carboxylic acids is 1. The minimum Gasteiger partial charge on any atom is -0.378 e. The maximum atomic E-state index is 12.0. The second kappa shape index (κ2) is 5.01. The molecule has 0 fully saturated rings. The monoisotopic (exact) mass is 246 g/mol.